The Morgan fingerprint density at radius 2 is 1.80 bits per heavy atom. The van der Waals surface area contributed by atoms with Crippen molar-refractivity contribution < 1.29 is 29.0 Å². The van der Waals surface area contributed by atoms with Crippen molar-refractivity contribution in [3.05, 3.63) is 58.0 Å². The fourth-order valence-electron chi connectivity index (χ4n) is 5.04. The molecule has 2 aromatic carbocycles. The van der Waals surface area contributed by atoms with E-state index in [1.54, 1.807) is 12.1 Å². The van der Waals surface area contributed by atoms with Crippen LogP contribution in [0.1, 0.15) is 61.6 Å². The van der Waals surface area contributed by atoms with Gasteiger partial charge in [-0.15, -0.1) is 11.3 Å². The molecule has 35 heavy (non-hydrogen) atoms. The van der Waals surface area contributed by atoms with Crippen LogP contribution in [0.4, 0.5) is 5.00 Å². The van der Waals surface area contributed by atoms with Gasteiger partial charge in [0.15, 0.2) is 0 Å². The van der Waals surface area contributed by atoms with Gasteiger partial charge in [0.2, 0.25) is 0 Å². The standard InChI is InChI=1S/C26H24N2O6S/c29-24-17-11-14-5-1-2-6-15(14)12-18(17)25(30)28(24)13-16-8-9-19-22(34-16)21(26(31)32)23(35-19)27-20-7-3-4-10-33-20/h1-2,5-6,11-12,16,20,27H,3-4,7-10,13H2,(H,31,32). The van der Waals surface area contributed by atoms with Gasteiger partial charge in [0, 0.05) is 11.5 Å². The number of hydrogen-bond donors (Lipinski definition) is 2. The molecule has 3 aromatic rings. The molecule has 2 N–H and O–H groups in total. The van der Waals surface area contributed by atoms with Gasteiger partial charge in [-0.05, 0) is 55.0 Å². The average molecular weight is 493 g/mol. The van der Waals surface area contributed by atoms with Crippen molar-refractivity contribution >= 4 is 44.9 Å². The lowest BCUT2D eigenvalue weighted by molar-refractivity contribution is 0.0344. The van der Waals surface area contributed by atoms with Gasteiger partial charge in [-0.1, -0.05) is 24.3 Å². The van der Waals surface area contributed by atoms with Crippen LogP contribution in [0.15, 0.2) is 36.4 Å². The number of fused-ring (bicyclic) bond motifs is 3. The van der Waals surface area contributed by atoms with E-state index in [1.807, 2.05) is 24.3 Å². The van der Waals surface area contributed by atoms with E-state index in [-0.39, 0.29) is 30.2 Å². The van der Waals surface area contributed by atoms with Crippen molar-refractivity contribution in [1.82, 2.24) is 4.90 Å². The summed E-state index contributed by atoms with van der Waals surface area (Å²) in [5.74, 6) is -1.43. The number of thiophene rings is 1. The Morgan fingerprint density at radius 1 is 1.09 bits per heavy atom. The summed E-state index contributed by atoms with van der Waals surface area (Å²) >= 11 is 1.38. The molecular formula is C26H24N2O6S. The normalized spacial score (nSPS) is 21.5. The van der Waals surface area contributed by atoms with Crippen LogP contribution in [0.2, 0.25) is 0 Å². The van der Waals surface area contributed by atoms with Gasteiger partial charge in [0.25, 0.3) is 11.8 Å². The maximum atomic E-state index is 13.1. The Kier molecular flexibility index (Phi) is 5.46. The van der Waals surface area contributed by atoms with Crippen LogP contribution in [-0.2, 0) is 11.2 Å². The Morgan fingerprint density at radius 3 is 2.43 bits per heavy atom. The number of aryl methyl sites for hydroxylation is 1. The number of nitrogens with zero attached hydrogens (tertiary/aromatic N) is 1. The first-order valence-electron chi connectivity index (χ1n) is 11.8. The number of imide groups is 1. The SMILES string of the molecule is O=C(O)c1c(NC2CCCCO2)sc2c1OC(CN1C(=O)c3cc4ccccc4cc3C1=O)CC2. The molecule has 0 aliphatic carbocycles. The van der Waals surface area contributed by atoms with E-state index in [0.29, 0.717) is 41.3 Å². The second kappa shape index (κ2) is 8.66. The average Bonchev–Trinajstić information content (AvgIpc) is 3.33. The van der Waals surface area contributed by atoms with Gasteiger partial charge < -0.3 is 19.9 Å². The lowest BCUT2D eigenvalue weighted by atomic mass is 10.0. The molecule has 2 unspecified atom stereocenters. The number of hydrogen-bond acceptors (Lipinski definition) is 7. The van der Waals surface area contributed by atoms with E-state index >= 15 is 0 Å². The highest BCUT2D eigenvalue weighted by atomic mass is 32.1. The maximum absolute atomic E-state index is 13.1. The summed E-state index contributed by atoms with van der Waals surface area (Å²) < 4.78 is 11.9. The number of carbonyl (C=O) groups excluding carboxylic acids is 2. The number of carboxylic acid groups (broad SMARTS) is 1. The van der Waals surface area contributed by atoms with Gasteiger partial charge in [-0.25, -0.2) is 4.79 Å². The predicted molar refractivity (Wildman–Crippen MR) is 131 cm³/mol. The molecule has 2 amide bonds. The number of ether oxygens (including phenoxy) is 2. The lowest BCUT2D eigenvalue weighted by Crippen LogP contribution is -2.40. The summed E-state index contributed by atoms with van der Waals surface area (Å²) in [5.41, 5.74) is 0.884. The highest BCUT2D eigenvalue weighted by Crippen LogP contribution is 2.44. The van der Waals surface area contributed by atoms with Crippen LogP contribution in [0.3, 0.4) is 0 Å². The zero-order valence-electron chi connectivity index (χ0n) is 18.9. The first-order chi connectivity index (χ1) is 17.0. The Hall–Kier alpha value is -3.43. The predicted octanol–water partition coefficient (Wildman–Crippen LogP) is 4.53. The van der Waals surface area contributed by atoms with Crippen molar-refractivity contribution in [2.75, 3.05) is 18.5 Å². The number of benzene rings is 2. The van der Waals surface area contributed by atoms with Crippen molar-refractivity contribution in [3.8, 4) is 5.75 Å². The van der Waals surface area contributed by atoms with Crippen molar-refractivity contribution in [3.63, 3.8) is 0 Å². The summed E-state index contributed by atoms with van der Waals surface area (Å²) in [6.07, 6.45) is 3.35. The third-order valence-corrected chi connectivity index (χ3v) is 7.98. The van der Waals surface area contributed by atoms with Crippen LogP contribution in [0, 0.1) is 0 Å². The van der Waals surface area contributed by atoms with Crippen LogP contribution < -0.4 is 10.1 Å². The van der Waals surface area contributed by atoms with E-state index in [4.69, 9.17) is 9.47 Å². The van der Waals surface area contributed by atoms with E-state index < -0.39 is 12.1 Å². The zero-order chi connectivity index (χ0) is 24.1. The molecule has 8 nitrogen and oxygen atoms in total. The van der Waals surface area contributed by atoms with Crippen molar-refractivity contribution in [1.29, 1.82) is 0 Å². The summed E-state index contributed by atoms with van der Waals surface area (Å²) in [6, 6.07) is 11.1. The molecule has 6 rings (SSSR count). The number of nitrogens with one attached hydrogen (secondary N) is 1. The number of rotatable bonds is 5. The molecule has 1 fully saturated rings. The highest BCUT2D eigenvalue weighted by molar-refractivity contribution is 7.17. The monoisotopic (exact) mass is 492 g/mol. The molecule has 0 spiro atoms. The van der Waals surface area contributed by atoms with Crippen LogP contribution in [0.5, 0.6) is 5.75 Å². The third-order valence-electron chi connectivity index (χ3n) is 6.82. The number of carboxylic acids is 1. The number of anilines is 1. The van der Waals surface area contributed by atoms with Gasteiger partial charge in [-0.3, -0.25) is 14.5 Å². The van der Waals surface area contributed by atoms with E-state index in [2.05, 4.69) is 5.32 Å². The quantitative estimate of drug-likeness (QED) is 0.504. The fraction of sp³-hybridized carbons (Fsp3) is 0.346. The van der Waals surface area contributed by atoms with Gasteiger partial charge in [0.1, 0.15) is 28.6 Å². The number of carbonyl (C=O) groups is 3. The Bertz CT molecular complexity index is 1300. The van der Waals surface area contributed by atoms with E-state index in [9.17, 15) is 19.5 Å². The molecule has 1 saturated heterocycles. The lowest BCUT2D eigenvalue weighted by Gasteiger charge is -2.27. The molecule has 2 atom stereocenters. The largest absolute Gasteiger partial charge is 0.486 e. The van der Waals surface area contributed by atoms with E-state index in [0.717, 1.165) is 34.9 Å². The minimum absolute atomic E-state index is 0.0749. The highest BCUT2D eigenvalue weighted by Gasteiger charge is 2.39. The smallest absolute Gasteiger partial charge is 0.342 e. The maximum Gasteiger partial charge on any atom is 0.342 e. The summed E-state index contributed by atoms with van der Waals surface area (Å²) in [4.78, 5) is 40.4. The van der Waals surface area contributed by atoms with Gasteiger partial charge in [0.05, 0.1) is 17.7 Å². The molecule has 0 saturated carbocycles. The number of amides is 2. The molecule has 3 aliphatic heterocycles. The summed E-state index contributed by atoms with van der Waals surface area (Å²) in [6.45, 7) is 0.727. The molecule has 1 aromatic heterocycles. The van der Waals surface area contributed by atoms with Crippen molar-refractivity contribution in [2.24, 2.45) is 0 Å². The minimum atomic E-state index is -1.08. The van der Waals surface area contributed by atoms with Crippen LogP contribution in [-0.4, -0.2) is 53.3 Å². The Labute approximate surface area is 205 Å². The van der Waals surface area contributed by atoms with Crippen molar-refractivity contribution in [2.45, 2.75) is 44.4 Å². The van der Waals surface area contributed by atoms with Crippen LogP contribution >= 0.6 is 11.3 Å². The minimum Gasteiger partial charge on any atom is -0.486 e. The fourth-order valence-corrected chi connectivity index (χ4v) is 6.22. The van der Waals surface area contributed by atoms with Crippen LogP contribution in [0.25, 0.3) is 10.8 Å². The zero-order valence-corrected chi connectivity index (χ0v) is 19.7. The molecule has 0 bridgehead atoms. The summed E-state index contributed by atoms with van der Waals surface area (Å²) in [5, 5.41) is 15.5. The van der Waals surface area contributed by atoms with E-state index in [1.165, 1.54) is 16.2 Å². The number of aromatic carboxylic acids is 1. The second-order valence-electron chi connectivity index (χ2n) is 9.11. The van der Waals surface area contributed by atoms with Gasteiger partial charge in [-0.2, -0.15) is 0 Å². The second-order valence-corrected chi connectivity index (χ2v) is 10.2. The first-order valence-corrected chi connectivity index (χ1v) is 12.6. The first kappa shape index (κ1) is 22.1. The van der Waals surface area contributed by atoms with Gasteiger partial charge >= 0.3 is 5.97 Å². The molecule has 9 heteroatoms. The Balaban J connectivity index is 1.23. The third kappa shape index (κ3) is 3.84. The molecule has 4 heterocycles. The molecule has 3 aliphatic rings. The molecule has 0 radical (unpaired) electrons. The topological polar surface area (TPSA) is 105 Å². The summed E-state index contributed by atoms with van der Waals surface area (Å²) in [7, 11) is 0. The molecular weight excluding hydrogens is 468 g/mol. The molecule has 180 valence electrons.